The van der Waals surface area contributed by atoms with Crippen molar-refractivity contribution >= 4 is 11.8 Å². The smallest absolute Gasteiger partial charge is 0.220 e. The van der Waals surface area contributed by atoms with E-state index in [1.165, 1.54) is 6.92 Å². The van der Waals surface area contributed by atoms with Gasteiger partial charge >= 0.3 is 0 Å². The third-order valence-corrected chi connectivity index (χ3v) is 4.53. The van der Waals surface area contributed by atoms with Crippen molar-refractivity contribution in [3.8, 4) is 0 Å². The summed E-state index contributed by atoms with van der Waals surface area (Å²) >= 11 is 0. The first-order valence-corrected chi connectivity index (χ1v) is 8.90. The van der Waals surface area contributed by atoms with Gasteiger partial charge in [0.15, 0.2) is 0 Å². The van der Waals surface area contributed by atoms with Crippen LogP contribution in [0.15, 0.2) is 10.5 Å². The molecule has 0 bridgehead atoms. The number of fused-ring (bicyclic) bond motifs is 1. The van der Waals surface area contributed by atoms with E-state index in [4.69, 9.17) is 4.42 Å². The third-order valence-electron chi connectivity index (χ3n) is 4.53. The summed E-state index contributed by atoms with van der Waals surface area (Å²) in [5.74, 6) is 2.03. The summed E-state index contributed by atoms with van der Waals surface area (Å²) in [6.45, 7) is 8.60. The molecule has 0 spiro atoms. The van der Waals surface area contributed by atoms with E-state index in [-0.39, 0.29) is 23.3 Å². The van der Waals surface area contributed by atoms with E-state index in [1.807, 2.05) is 6.92 Å². The Morgan fingerprint density at radius 2 is 2.04 bits per heavy atom. The van der Waals surface area contributed by atoms with Crippen LogP contribution in [0.3, 0.4) is 0 Å². The van der Waals surface area contributed by atoms with E-state index in [9.17, 15) is 9.59 Å². The highest BCUT2D eigenvalue weighted by molar-refractivity contribution is 5.76. The molecule has 1 heterocycles. The average molecular weight is 334 g/mol. The third kappa shape index (κ3) is 5.39. The molecule has 2 N–H and O–H groups in total. The molecule has 2 rings (SSSR count). The van der Waals surface area contributed by atoms with Crippen LogP contribution >= 0.6 is 0 Å². The van der Waals surface area contributed by atoms with Crippen molar-refractivity contribution in [3.05, 3.63) is 23.2 Å². The number of hydrogen-bond donors (Lipinski definition) is 2. The lowest BCUT2D eigenvalue weighted by Crippen LogP contribution is -2.35. The Bertz CT molecular complexity index is 589. The van der Waals surface area contributed by atoms with Crippen LogP contribution in [0.2, 0.25) is 0 Å². The number of unbranched alkanes of at least 4 members (excludes halogenated alkanes) is 2. The van der Waals surface area contributed by atoms with Crippen LogP contribution < -0.4 is 10.6 Å². The normalized spacial score (nSPS) is 18.8. The van der Waals surface area contributed by atoms with Crippen molar-refractivity contribution in [1.82, 2.24) is 10.6 Å². The fourth-order valence-electron chi connectivity index (χ4n) is 3.43. The van der Waals surface area contributed by atoms with E-state index in [0.717, 1.165) is 49.2 Å². The Balaban J connectivity index is 1.80. The van der Waals surface area contributed by atoms with Gasteiger partial charge in [0.2, 0.25) is 11.8 Å². The fraction of sp³-hybridized carbons (Fsp3) is 0.684. The predicted octanol–water partition coefficient (Wildman–Crippen LogP) is 3.41. The number of amides is 2. The van der Waals surface area contributed by atoms with E-state index in [0.29, 0.717) is 13.0 Å². The summed E-state index contributed by atoms with van der Waals surface area (Å²) in [5, 5.41) is 5.96. The van der Waals surface area contributed by atoms with Crippen molar-refractivity contribution < 1.29 is 14.0 Å². The topological polar surface area (TPSA) is 71.3 Å². The van der Waals surface area contributed by atoms with Crippen molar-refractivity contribution in [1.29, 1.82) is 0 Å². The molecule has 1 aromatic rings. The molecule has 5 nitrogen and oxygen atoms in total. The minimum Gasteiger partial charge on any atom is -0.466 e. The van der Waals surface area contributed by atoms with Gasteiger partial charge in [-0.2, -0.15) is 0 Å². The van der Waals surface area contributed by atoms with Gasteiger partial charge in [-0.3, -0.25) is 9.59 Å². The molecule has 0 unspecified atom stereocenters. The van der Waals surface area contributed by atoms with Gasteiger partial charge in [-0.25, -0.2) is 0 Å². The fourth-order valence-corrected chi connectivity index (χ4v) is 3.43. The molecular weight excluding hydrogens is 304 g/mol. The van der Waals surface area contributed by atoms with Crippen LogP contribution in [0, 0.1) is 12.3 Å². The van der Waals surface area contributed by atoms with E-state index < -0.39 is 0 Å². The molecule has 0 aromatic carbocycles. The zero-order chi connectivity index (χ0) is 17.7. The van der Waals surface area contributed by atoms with Gasteiger partial charge in [0, 0.05) is 31.9 Å². The van der Waals surface area contributed by atoms with E-state index in [1.54, 1.807) is 0 Å². The zero-order valence-corrected chi connectivity index (χ0v) is 15.3. The number of furan rings is 1. The monoisotopic (exact) mass is 334 g/mol. The summed E-state index contributed by atoms with van der Waals surface area (Å²) in [7, 11) is 0. The molecule has 1 aliphatic carbocycles. The highest BCUT2D eigenvalue weighted by Crippen LogP contribution is 2.42. The van der Waals surface area contributed by atoms with Gasteiger partial charge in [-0.15, -0.1) is 0 Å². The van der Waals surface area contributed by atoms with E-state index >= 15 is 0 Å². The summed E-state index contributed by atoms with van der Waals surface area (Å²) in [6, 6.07) is 2.11. The molecule has 0 radical (unpaired) electrons. The molecule has 1 aliphatic rings. The zero-order valence-electron chi connectivity index (χ0n) is 15.3. The Morgan fingerprint density at radius 3 is 2.75 bits per heavy atom. The molecule has 5 heteroatoms. The molecule has 0 fully saturated rings. The highest BCUT2D eigenvalue weighted by atomic mass is 16.3. The lowest BCUT2D eigenvalue weighted by Gasteiger charge is -2.34. The second-order valence-electron chi connectivity index (χ2n) is 7.69. The van der Waals surface area contributed by atoms with Gasteiger partial charge in [-0.1, -0.05) is 20.3 Å². The molecule has 0 saturated heterocycles. The Hall–Kier alpha value is -1.78. The van der Waals surface area contributed by atoms with Crippen molar-refractivity contribution in [3.63, 3.8) is 0 Å². The number of carbonyl (C=O) groups excluding carboxylic acids is 2. The molecule has 0 aliphatic heterocycles. The SMILES string of the molecule is CC(=O)NCCCCCC(=O)N[C@H]1CC(C)(C)Cc2oc(C)cc21. The number of aryl methyl sites for hydroxylation is 1. The standard InChI is InChI=1S/C19H30N2O3/c1-13-10-15-16(11-19(3,4)12-17(15)24-13)21-18(23)8-6-5-7-9-20-14(2)22/h10,16H,5-9,11-12H2,1-4H3,(H,20,22)(H,21,23)/t16-/m0/s1. The van der Waals surface area contributed by atoms with Crippen LogP contribution in [0.1, 0.15) is 76.0 Å². The number of rotatable bonds is 7. The van der Waals surface area contributed by atoms with Gasteiger partial charge < -0.3 is 15.1 Å². The van der Waals surface area contributed by atoms with Gasteiger partial charge in [0.05, 0.1) is 6.04 Å². The van der Waals surface area contributed by atoms with Gasteiger partial charge in [0.25, 0.3) is 0 Å². The predicted molar refractivity (Wildman–Crippen MR) is 93.6 cm³/mol. The Labute approximate surface area is 144 Å². The van der Waals surface area contributed by atoms with Gasteiger partial charge in [0.1, 0.15) is 11.5 Å². The molecule has 134 valence electrons. The van der Waals surface area contributed by atoms with Crippen LogP contribution in [0.25, 0.3) is 0 Å². The second-order valence-corrected chi connectivity index (χ2v) is 7.69. The number of carbonyl (C=O) groups is 2. The summed E-state index contributed by atoms with van der Waals surface area (Å²) < 4.78 is 5.81. The van der Waals surface area contributed by atoms with Crippen molar-refractivity contribution in [2.45, 2.75) is 72.3 Å². The molecule has 2 amide bonds. The lowest BCUT2D eigenvalue weighted by atomic mass is 9.74. The largest absolute Gasteiger partial charge is 0.466 e. The van der Waals surface area contributed by atoms with E-state index in [2.05, 4.69) is 30.5 Å². The molecule has 1 aromatic heterocycles. The maximum atomic E-state index is 12.3. The van der Waals surface area contributed by atoms with Crippen LogP contribution in [-0.4, -0.2) is 18.4 Å². The number of nitrogens with one attached hydrogen (secondary N) is 2. The average Bonchev–Trinajstić information content (AvgIpc) is 2.81. The van der Waals surface area contributed by atoms with Crippen molar-refractivity contribution in [2.24, 2.45) is 5.41 Å². The first-order chi connectivity index (χ1) is 11.3. The maximum absolute atomic E-state index is 12.3. The molecular formula is C19H30N2O3. The summed E-state index contributed by atoms with van der Waals surface area (Å²) in [5.41, 5.74) is 1.28. The number of hydrogen-bond acceptors (Lipinski definition) is 3. The first-order valence-electron chi connectivity index (χ1n) is 8.90. The van der Waals surface area contributed by atoms with Gasteiger partial charge in [-0.05, 0) is 37.7 Å². The molecule has 24 heavy (non-hydrogen) atoms. The molecule has 1 atom stereocenters. The van der Waals surface area contributed by atoms with Crippen molar-refractivity contribution in [2.75, 3.05) is 6.54 Å². The van der Waals surface area contributed by atoms with Crippen LogP contribution in [0.4, 0.5) is 0 Å². The van der Waals surface area contributed by atoms with Crippen LogP contribution in [0.5, 0.6) is 0 Å². The summed E-state index contributed by atoms with van der Waals surface area (Å²) in [6.07, 6.45) is 5.09. The Kier molecular flexibility index (Phi) is 6.08. The quantitative estimate of drug-likeness (QED) is 0.751. The molecule has 0 saturated carbocycles. The maximum Gasteiger partial charge on any atom is 0.220 e. The minimum atomic E-state index is -0.00105. The highest BCUT2D eigenvalue weighted by Gasteiger charge is 2.35. The lowest BCUT2D eigenvalue weighted by molar-refractivity contribution is -0.122. The first kappa shape index (κ1) is 18.6. The summed E-state index contributed by atoms with van der Waals surface area (Å²) in [4.78, 5) is 23.0. The Morgan fingerprint density at radius 1 is 1.29 bits per heavy atom. The van der Waals surface area contributed by atoms with Crippen LogP contribution in [-0.2, 0) is 16.0 Å². The minimum absolute atomic E-state index is 0.00105. The second kappa shape index (κ2) is 7.86.